The molecule has 1 aliphatic heterocycles. The number of rotatable bonds is 4. The van der Waals surface area contributed by atoms with Crippen molar-refractivity contribution in [1.29, 1.82) is 0 Å². The molecule has 1 aliphatic carbocycles. The van der Waals surface area contributed by atoms with Gasteiger partial charge in [0.2, 0.25) is 11.8 Å². The third-order valence-corrected chi connectivity index (χ3v) is 4.42. The van der Waals surface area contributed by atoms with Crippen molar-refractivity contribution in [2.45, 2.75) is 65.0 Å². The van der Waals surface area contributed by atoms with Gasteiger partial charge in [0.15, 0.2) is 0 Å². The first-order valence-electron chi connectivity index (χ1n) is 7.79. The maximum Gasteiger partial charge on any atom is 0.246 e. The second-order valence-electron chi connectivity index (χ2n) is 6.30. The molecule has 4 heteroatoms. The van der Waals surface area contributed by atoms with Crippen molar-refractivity contribution in [2.24, 2.45) is 5.92 Å². The highest BCUT2D eigenvalue weighted by atomic mass is 16.2. The summed E-state index contributed by atoms with van der Waals surface area (Å²) in [4.78, 5) is 26.2. The van der Waals surface area contributed by atoms with Gasteiger partial charge in [-0.2, -0.15) is 0 Å². The summed E-state index contributed by atoms with van der Waals surface area (Å²) in [5.74, 6) is 0.180. The van der Waals surface area contributed by atoms with Crippen LogP contribution in [0.2, 0.25) is 0 Å². The quantitative estimate of drug-likeness (QED) is 0.802. The lowest BCUT2D eigenvalue weighted by molar-refractivity contribution is -0.149. The molecule has 1 N–H and O–H groups in total. The summed E-state index contributed by atoms with van der Waals surface area (Å²) in [7, 11) is 0. The van der Waals surface area contributed by atoms with Crippen LogP contribution in [-0.2, 0) is 9.59 Å². The number of amides is 2. The fraction of sp³-hybridized carbons (Fsp3) is 0.750. The predicted octanol–water partition coefficient (Wildman–Crippen LogP) is 2.25. The summed E-state index contributed by atoms with van der Waals surface area (Å²) in [5, 5.41) is 2.84. The molecule has 4 nitrogen and oxygen atoms in total. The van der Waals surface area contributed by atoms with Gasteiger partial charge in [0.1, 0.15) is 12.1 Å². The Bertz CT molecular complexity index is 415. The highest BCUT2D eigenvalue weighted by molar-refractivity contribution is 5.96. The van der Waals surface area contributed by atoms with E-state index >= 15 is 0 Å². The molecule has 1 fully saturated rings. The average Bonchev–Trinajstić information content (AvgIpc) is 2.43. The van der Waals surface area contributed by atoms with Gasteiger partial charge in [-0.05, 0) is 44.9 Å². The van der Waals surface area contributed by atoms with E-state index in [9.17, 15) is 9.59 Å². The Balaban J connectivity index is 2.01. The molecule has 0 saturated carbocycles. The van der Waals surface area contributed by atoms with Gasteiger partial charge < -0.3 is 10.2 Å². The Labute approximate surface area is 121 Å². The molecule has 0 bridgehead atoms. The van der Waals surface area contributed by atoms with Gasteiger partial charge in [0.25, 0.3) is 0 Å². The molecule has 1 heterocycles. The fourth-order valence-electron chi connectivity index (χ4n) is 3.00. The normalized spacial score (nSPS) is 27.6. The van der Waals surface area contributed by atoms with Crippen LogP contribution >= 0.6 is 0 Å². The van der Waals surface area contributed by atoms with E-state index in [2.05, 4.69) is 11.4 Å². The maximum atomic E-state index is 12.5. The lowest BCUT2D eigenvalue weighted by Gasteiger charge is -2.39. The highest BCUT2D eigenvalue weighted by Gasteiger charge is 2.39. The van der Waals surface area contributed by atoms with Crippen molar-refractivity contribution in [3.63, 3.8) is 0 Å². The van der Waals surface area contributed by atoms with Crippen LogP contribution in [0.1, 0.15) is 52.9 Å². The Morgan fingerprint density at radius 1 is 1.35 bits per heavy atom. The second-order valence-corrected chi connectivity index (χ2v) is 6.30. The molecule has 2 amide bonds. The molecule has 20 heavy (non-hydrogen) atoms. The van der Waals surface area contributed by atoms with Gasteiger partial charge in [-0.3, -0.25) is 9.59 Å². The Kier molecular flexibility index (Phi) is 4.84. The van der Waals surface area contributed by atoms with Crippen molar-refractivity contribution in [3.8, 4) is 0 Å². The van der Waals surface area contributed by atoms with Crippen molar-refractivity contribution in [1.82, 2.24) is 10.2 Å². The lowest BCUT2D eigenvalue weighted by atomic mass is 9.95. The minimum Gasteiger partial charge on any atom is -0.342 e. The van der Waals surface area contributed by atoms with Crippen LogP contribution in [0.4, 0.5) is 0 Å². The fourth-order valence-corrected chi connectivity index (χ4v) is 3.00. The van der Waals surface area contributed by atoms with E-state index in [1.165, 1.54) is 18.4 Å². The summed E-state index contributed by atoms with van der Waals surface area (Å²) in [5.41, 5.74) is 1.45. The van der Waals surface area contributed by atoms with E-state index in [0.717, 1.165) is 19.3 Å². The molecule has 0 aromatic rings. The minimum absolute atomic E-state index is 0.0269. The number of hydrogen-bond donors (Lipinski definition) is 1. The Morgan fingerprint density at radius 2 is 2.10 bits per heavy atom. The summed E-state index contributed by atoms with van der Waals surface area (Å²) in [6.45, 7) is 6.43. The molecule has 0 aromatic heterocycles. The average molecular weight is 278 g/mol. The highest BCUT2D eigenvalue weighted by Crippen LogP contribution is 2.22. The number of carbonyl (C=O) groups excluding carboxylic acids is 2. The van der Waals surface area contributed by atoms with Crippen molar-refractivity contribution in [3.05, 3.63) is 11.6 Å². The minimum atomic E-state index is -0.362. The van der Waals surface area contributed by atoms with Gasteiger partial charge in [-0.15, -0.1) is 0 Å². The number of nitrogens with one attached hydrogen (secondary N) is 1. The van der Waals surface area contributed by atoms with Crippen LogP contribution < -0.4 is 5.32 Å². The van der Waals surface area contributed by atoms with Crippen molar-refractivity contribution in [2.75, 3.05) is 6.54 Å². The van der Waals surface area contributed by atoms with Crippen molar-refractivity contribution >= 4 is 11.8 Å². The van der Waals surface area contributed by atoms with Crippen LogP contribution in [-0.4, -0.2) is 35.3 Å². The molecule has 0 spiro atoms. The molecule has 112 valence electrons. The predicted molar refractivity (Wildman–Crippen MR) is 79.1 cm³/mol. The molecule has 2 rings (SSSR count). The van der Waals surface area contributed by atoms with Crippen molar-refractivity contribution < 1.29 is 9.59 Å². The van der Waals surface area contributed by atoms with Gasteiger partial charge >= 0.3 is 0 Å². The maximum absolute atomic E-state index is 12.5. The summed E-state index contributed by atoms with van der Waals surface area (Å²) < 4.78 is 0. The SMILES string of the molecule is CC(C)C1NC(=O)C(C)N(CCC2=CCCCC2)C1=O. The van der Waals surface area contributed by atoms with E-state index in [0.29, 0.717) is 6.54 Å². The first-order chi connectivity index (χ1) is 9.50. The molecule has 2 aliphatic rings. The molecule has 0 aromatic carbocycles. The van der Waals surface area contributed by atoms with E-state index in [1.807, 2.05) is 20.8 Å². The topological polar surface area (TPSA) is 49.4 Å². The van der Waals surface area contributed by atoms with Crippen LogP contribution in [0.25, 0.3) is 0 Å². The van der Waals surface area contributed by atoms with E-state index in [4.69, 9.17) is 0 Å². The second kappa shape index (κ2) is 6.42. The third-order valence-electron chi connectivity index (χ3n) is 4.42. The van der Waals surface area contributed by atoms with Crippen LogP contribution in [0.5, 0.6) is 0 Å². The summed E-state index contributed by atoms with van der Waals surface area (Å²) in [6, 6.07) is -0.708. The van der Waals surface area contributed by atoms with Crippen LogP contribution in [0, 0.1) is 5.92 Å². The molecule has 1 saturated heterocycles. The van der Waals surface area contributed by atoms with Crippen LogP contribution in [0.3, 0.4) is 0 Å². The first-order valence-corrected chi connectivity index (χ1v) is 7.79. The van der Waals surface area contributed by atoms with Gasteiger partial charge in [-0.1, -0.05) is 25.5 Å². The van der Waals surface area contributed by atoms with E-state index in [-0.39, 0.29) is 29.8 Å². The third kappa shape index (κ3) is 3.22. The smallest absolute Gasteiger partial charge is 0.246 e. The molecular formula is C16H26N2O2. The van der Waals surface area contributed by atoms with Gasteiger partial charge in [0, 0.05) is 6.54 Å². The van der Waals surface area contributed by atoms with E-state index in [1.54, 1.807) is 4.90 Å². The summed E-state index contributed by atoms with van der Waals surface area (Å²) >= 11 is 0. The van der Waals surface area contributed by atoms with Gasteiger partial charge in [-0.25, -0.2) is 0 Å². The Morgan fingerprint density at radius 3 is 2.70 bits per heavy atom. The zero-order chi connectivity index (χ0) is 14.7. The molecule has 2 unspecified atom stereocenters. The lowest BCUT2D eigenvalue weighted by Crippen LogP contribution is -2.63. The standard InChI is InChI=1S/C16H26N2O2/c1-11(2)14-16(20)18(12(3)15(19)17-14)10-9-13-7-5-4-6-8-13/h7,11-12,14H,4-6,8-10H2,1-3H3,(H,17,19). The first kappa shape index (κ1) is 15.1. The Hall–Kier alpha value is -1.32. The zero-order valence-electron chi connectivity index (χ0n) is 12.8. The number of hydrogen-bond acceptors (Lipinski definition) is 2. The summed E-state index contributed by atoms with van der Waals surface area (Å²) in [6.07, 6.45) is 8.06. The zero-order valence-corrected chi connectivity index (χ0v) is 12.8. The largest absolute Gasteiger partial charge is 0.342 e. The van der Waals surface area contributed by atoms with Crippen LogP contribution in [0.15, 0.2) is 11.6 Å². The van der Waals surface area contributed by atoms with Gasteiger partial charge in [0.05, 0.1) is 0 Å². The number of allylic oxidation sites excluding steroid dienone is 1. The number of nitrogens with zero attached hydrogens (tertiary/aromatic N) is 1. The molecule has 2 atom stereocenters. The number of carbonyl (C=O) groups is 2. The number of piperazine rings is 1. The molecule has 0 radical (unpaired) electrons. The monoisotopic (exact) mass is 278 g/mol. The van der Waals surface area contributed by atoms with E-state index < -0.39 is 0 Å². The molecular weight excluding hydrogens is 252 g/mol.